The number of aliphatic hydroxyl groups excluding tert-OH is 1. The molecule has 4 heteroatoms. The van der Waals surface area contributed by atoms with Gasteiger partial charge in [0.1, 0.15) is 6.29 Å². The zero-order valence-corrected chi connectivity index (χ0v) is 19.1. The maximum atomic E-state index is 10.1. The second-order valence-electron chi connectivity index (χ2n) is 6.71. The Labute approximate surface area is 177 Å². The van der Waals surface area contributed by atoms with Gasteiger partial charge in [-0.25, -0.2) is 0 Å². The molecule has 0 aromatic rings. The normalized spacial score (nSPS) is 19.2. The molecule has 1 N–H and O–H groups in total. The van der Waals surface area contributed by atoms with Crippen LogP contribution in [0.3, 0.4) is 0 Å². The number of hydrogen-bond donors (Lipinski definition) is 1. The first-order chi connectivity index (χ1) is 10.8. The van der Waals surface area contributed by atoms with Crippen molar-refractivity contribution in [3.05, 3.63) is 6.92 Å². The Morgan fingerprint density at radius 1 is 0.958 bits per heavy atom. The minimum atomic E-state index is -0.0295. The SMILES string of the molecule is CCC(O)CC1CCCCC1.O=CCC1CCCCC1.[Br-].[CH2-]C.[Mg+2]. The molecule has 2 fully saturated rings. The first-order valence-corrected chi connectivity index (χ1v) is 9.58. The van der Waals surface area contributed by atoms with Gasteiger partial charge < -0.3 is 33.8 Å². The van der Waals surface area contributed by atoms with Crippen LogP contribution in [0.4, 0.5) is 0 Å². The number of carbonyl (C=O) groups excluding carboxylic acids is 1. The van der Waals surface area contributed by atoms with E-state index in [1.54, 1.807) is 6.92 Å². The largest absolute Gasteiger partial charge is 2.00 e. The molecule has 140 valence electrons. The monoisotopic (exact) mass is 414 g/mol. The Balaban J connectivity index is -0.000000313. The molecule has 2 aliphatic carbocycles. The average molecular weight is 416 g/mol. The van der Waals surface area contributed by atoms with Crippen molar-refractivity contribution in [1.82, 2.24) is 0 Å². The topological polar surface area (TPSA) is 37.3 Å². The van der Waals surface area contributed by atoms with Gasteiger partial charge in [-0.15, -0.1) is 0 Å². The van der Waals surface area contributed by atoms with Gasteiger partial charge in [0.15, 0.2) is 0 Å². The van der Waals surface area contributed by atoms with Crippen LogP contribution in [0.2, 0.25) is 0 Å². The smallest absolute Gasteiger partial charge is 1.00 e. The second kappa shape index (κ2) is 21.9. The summed E-state index contributed by atoms with van der Waals surface area (Å²) in [5.74, 6) is 1.56. The number of rotatable bonds is 5. The first kappa shape index (κ1) is 29.6. The van der Waals surface area contributed by atoms with Crippen LogP contribution >= 0.6 is 0 Å². The molecule has 0 saturated heterocycles. The average Bonchev–Trinajstić information content (AvgIpc) is 2.59. The molecule has 0 bridgehead atoms. The molecular formula is C20H39BrMgO2. The van der Waals surface area contributed by atoms with E-state index in [1.165, 1.54) is 64.2 Å². The van der Waals surface area contributed by atoms with E-state index in [2.05, 4.69) is 13.8 Å². The molecule has 24 heavy (non-hydrogen) atoms. The Morgan fingerprint density at radius 3 is 1.75 bits per heavy atom. The predicted molar refractivity (Wildman–Crippen MR) is 102 cm³/mol. The number of halogens is 1. The van der Waals surface area contributed by atoms with Gasteiger partial charge in [-0.05, 0) is 24.7 Å². The maximum absolute atomic E-state index is 10.1. The van der Waals surface area contributed by atoms with E-state index in [0.29, 0.717) is 0 Å². The fourth-order valence-corrected chi connectivity index (χ4v) is 3.53. The van der Waals surface area contributed by atoms with Crippen LogP contribution in [0.5, 0.6) is 0 Å². The predicted octanol–water partition coefficient (Wildman–Crippen LogP) is 2.35. The van der Waals surface area contributed by atoms with Crippen LogP contribution in [0, 0.1) is 18.8 Å². The van der Waals surface area contributed by atoms with Crippen molar-refractivity contribution in [3.8, 4) is 0 Å². The van der Waals surface area contributed by atoms with Crippen molar-refractivity contribution in [3.63, 3.8) is 0 Å². The van der Waals surface area contributed by atoms with E-state index in [4.69, 9.17) is 0 Å². The van der Waals surface area contributed by atoms with Crippen LogP contribution in [0.15, 0.2) is 0 Å². The molecule has 0 aromatic carbocycles. The van der Waals surface area contributed by atoms with Crippen molar-refractivity contribution in [2.45, 2.75) is 103 Å². The van der Waals surface area contributed by atoms with Gasteiger partial charge in [0, 0.05) is 6.42 Å². The summed E-state index contributed by atoms with van der Waals surface area (Å²) in [4.78, 5) is 10.1. The van der Waals surface area contributed by atoms with Crippen molar-refractivity contribution in [2.24, 2.45) is 11.8 Å². The molecule has 2 rings (SSSR count). The molecule has 2 saturated carbocycles. The van der Waals surface area contributed by atoms with Crippen molar-refractivity contribution in [2.75, 3.05) is 0 Å². The summed E-state index contributed by atoms with van der Waals surface area (Å²) in [7, 11) is 0. The van der Waals surface area contributed by atoms with Gasteiger partial charge >= 0.3 is 23.1 Å². The molecule has 0 radical (unpaired) electrons. The Kier molecular flexibility index (Phi) is 27.1. The van der Waals surface area contributed by atoms with E-state index in [0.717, 1.165) is 37.4 Å². The van der Waals surface area contributed by atoms with E-state index in [-0.39, 0.29) is 46.1 Å². The molecule has 0 aliphatic heterocycles. The minimum Gasteiger partial charge on any atom is -1.00 e. The molecule has 0 spiro atoms. The molecule has 0 heterocycles. The molecule has 0 amide bonds. The third-order valence-corrected chi connectivity index (χ3v) is 4.96. The third kappa shape index (κ3) is 16.4. The van der Waals surface area contributed by atoms with Gasteiger partial charge in [-0.1, -0.05) is 71.1 Å². The summed E-state index contributed by atoms with van der Waals surface area (Å²) in [5.41, 5.74) is 0. The van der Waals surface area contributed by atoms with E-state index in [9.17, 15) is 9.90 Å². The molecule has 1 unspecified atom stereocenters. The van der Waals surface area contributed by atoms with Crippen LogP contribution in [-0.4, -0.2) is 40.5 Å². The van der Waals surface area contributed by atoms with Crippen molar-refractivity contribution in [1.29, 1.82) is 0 Å². The zero-order valence-electron chi connectivity index (χ0n) is 16.1. The van der Waals surface area contributed by atoms with Gasteiger partial charge in [-0.3, -0.25) is 0 Å². The molecule has 2 nitrogen and oxygen atoms in total. The Bertz CT molecular complexity index is 240. The van der Waals surface area contributed by atoms with Gasteiger partial charge in [-0.2, -0.15) is 6.92 Å². The second-order valence-corrected chi connectivity index (χ2v) is 6.71. The van der Waals surface area contributed by atoms with Crippen LogP contribution in [-0.2, 0) is 4.79 Å². The quantitative estimate of drug-likeness (QED) is 0.425. The number of hydrogen-bond acceptors (Lipinski definition) is 2. The minimum absolute atomic E-state index is 0. The summed E-state index contributed by atoms with van der Waals surface area (Å²) in [5, 5.41) is 9.41. The number of carbonyl (C=O) groups is 1. The van der Waals surface area contributed by atoms with Crippen LogP contribution < -0.4 is 17.0 Å². The standard InChI is InChI=1S/C10H20O.C8H14O.C2H5.BrH.Mg/c1-2-10(11)8-9-6-4-3-5-7-9;9-7-6-8-4-2-1-3-5-8;1-2;;/h9-11H,2-8H2,1H3;7-8H,1-6H2;1H2,2H3;1H;/q;;-1;;+2/p-1. The summed E-state index contributed by atoms with van der Waals surface area (Å²) < 4.78 is 0. The fraction of sp³-hybridized carbons (Fsp3) is 0.900. The third-order valence-electron chi connectivity index (χ3n) is 4.96. The fourth-order valence-electron chi connectivity index (χ4n) is 3.53. The molecule has 0 aromatic heterocycles. The number of aldehydes is 1. The summed E-state index contributed by atoms with van der Waals surface area (Å²) in [6.07, 6.45) is 17.4. The molecular weight excluding hydrogens is 376 g/mol. The maximum Gasteiger partial charge on any atom is 2.00 e. The van der Waals surface area contributed by atoms with Crippen molar-refractivity contribution < 1.29 is 26.9 Å². The van der Waals surface area contributed by atoms with Gasteiger partial charge in [0.05, 0.1) is 6.10 Å². The Hall–Kier alpha value is 0.876. The first-order valence-electron chi connectivity index (χ1n) is 9.58. The van der Waals surface area contributed by atoms with Gasteiger partial charge in [0.25, 0.3) is 0 Å². The summed E-state index contributed by atoms with van der Waals surface area (Å²) in [6.45, 7) is 7.06. The van der Waals surface area contributed by atoms with E-state index in [1.807, 2.05) is 0 Å². The van der Waals surface area contributed by atoms with Crippen LogP contribution in [0.25, 0.3) is 0 Å². The van der Waals surface area contributed by atoms with Crippen molar-refractivity contribution >= 4 is 29.3 Å². The van der Waals surface area contributed by atoms with Crippen LogP contribution in [0.1, 0.15) is 97.3 Å². The van der Waals surface area contributed by atoms with Gasteiger partial charge in [0.2, 0.25) is 0 Å². The zero-order chi connectivity index (χ0) is 16.6. The summed E-state index contributed by atoms with van der Waals surface area (Å²) in [6, 6.07) is 0. The van der Waals surface area contributed by atoms with E-state index < -0.39 is 0 Å². The Morgan fingerprint density at radius 2 is 1.38 bits per heavy atom. The molecule has 2 aliphatic rings. The number of aliphatic hydroxyl groups is 1. The van der Waals surface area contributed by atoms with E-state index >= 15 is 0 Å². The molecule has 1 atom stereocenters. The summed E-state index contributed by atoms with van der Waals surface area (Å²) >= 11 is 0.